The SMILES string of the molecule is Cc1cc(Cl)ccc1NC(=O)COc1ccc2c(=O)c(-c3ccccc3Cl)c(C(F)(F)F)oc2c1. The Balaban J connectivity index is 1.65. The fraction of sp³-hybridized carbons (Fsp3) is 0.120. The third kappa shape index (κ3) is 5.28. The summed E-state index contributed by atoms with van der Waals surface area (Å²) in [6, 6.07) is 14.4. The Morgan fingerprint density at radius 2 is 1.80 bits per heavy atom. The molecule has 0 atom stereocenters. The van der Waals surface area contributed by atoms with Gasteiger partial charge >= 0.3 is 6.18 Å². The van der Waals surface area contributed by atoms with Crippen molar-refractivity contribution >= 4 is 45.8 Å². The number of amides is 1. The number of ether oxygens (including phenoxy) is 1. The number of rotatable bonds is 5. The van der Waals surface area contributed by atoms with E-state index in [4.69, 9.17) is 32.4 Å². The highest BCUT2D eigenvalue weighted by atomic mass is 35.5. The fourth-order valence-electron chi connectivity index (χ4n) is 3.47. The molecule has 1 heterocycles. The summed E-state index contributed by atoms with van der Waals surface area (Å²) in [6.45, 7) is 1.34. The average molecular weight is 522 g/mol. The molecule has 0 aliphatic rings. The van der Waals surface area contributed by atoms with Crippen molar-refractivity contribution in [3.05, 3.63) is 92.3 Å². The minimum absolute atomic E-state index is 0.0217. The summed E-state index contributed by atoms with van der Waals surface area (Å²) in [5.41, 5.74) is -0.728. The van der Waals surface area contributed by atoms with Gasteiger partial charge in [-0.1, -0.05) is 41.4 Å². The van der Waals surface area contributed by atoms with Gasteiger partial charge in [-0.25, -0.2) is 0 Å². The first-order chi connectivity index (χ1) is 16.5. The van der Waals surface area contributed by atoms with Gasteiger partial charge in [0.25, 0.3) is 5.91 Å². The van der Waals surface area contributed by atoms with E-state index >= 15 is 0 Å². The van der Waals surface area contributed by atoms with E-state index in [1.54, 1.807) is 25.1 Å². The molecule has 3 aromatic carbocycles. The zero-order chi connectivity index (χ0) is 25.3. The summed E-state index contributed by atoms with van der Waals surface area (Å²) in [5, 5.41) is 3.06. The number of carbonyl (C=O) groups is 1. The van der Waals surface area contributed by atoms with E-state index < -0.39 is 35.4 Å². The molecule has 4 rings (SSSR count). The molecule has 1 amide bonds. The molecule has 35 heavy (non-hydrogen) atoms. The first kappa shape index (κ1) is 24.6. The summed E-state index contributed by atoms with van der Waals surface area (Å²) in [5.74, 6) is -1.93. The van der Waals surface area contributed by atoms with Crippen LogP contribution in [0.1, 0.15) is 11.3 Å². The number of fused-ring (bicyclic) bond motifs is 1. The smallest absolute Gasteiger partial charge is 0.450 e. The summed E-state index contributed by atoms with van der Waals surface area (Å²) < 4.78 is 52.0. The van der Waals surface area contributed by atoms with Crippen LogP contribution in [0.3, 0.4) is 0 Å². The second-order valence-electron chi connectivity index (χ2n) is 7.57. The van der Waals surface area contributed by atoms with E-state index in [0.29, 0.717) is 10.7 Å². The van der Waals surface area contributed by atoms with Gasteiger partial charge in [0.2, 0.25) is 11.2 Å². The zero-order valence-corrected chi connectivity index (χ0v) is 19.5. The molecule has 0 bridgehead atoms. The van der Waals surface area contributed by atoms with E-state index in [1.807, 2.05) is 0 Å². The molecule has 0 unspecified atom stereocenters. The summed E-state index contributed by atoms with van der Waals surface area (Å²) in [4.78, 5) is 25.3. The molecule has 180 valence electrons. The summed E-state index contributed by atoms with van der Waals surface area (Å²) in [6.07, 6.45) is -4.96. The molecule has 0 saturated carbocycles. The van der Waals surface area contributed by atoms with Gasteiger partial charge in [0.15, 0.2) is 6.61 Å². The van der Waals surface area contributed by atoms with Crippen LogP contribution in [-0.4, -0.2) is 12.5 Å². The lowest BCUT2D eigenvalue weighted by atomic mass is 10.0. The standard InChI is InChI=1S/C25H16Cl2F3NO4/c1-13-10-14(26)6-9-19(13)31-21(32)12-34-15-7-8-17-20(11-15)35-24(25(28,29)30)22(23(17)33)16-4-2-3-5-18(16)27/h2-11H,12H2,1H3,(H,31,32). The van der Waals surface area contributed by atoms with Gasteiger partial charge in [-0.05, 0) is 48.9 Å². The van der Waals surface area contributed by atoms with E-state index in [9.17, 15) is 22.8 Å². The first-order valence-electron chi connectivity index (χ1n) is 10.2. The van der Waals surface area contributed by atoms with E-state index in [-0.39, 0.29) is 27.3 Å². The average Bonchev–Trinajstić information content (AvgIpc) is 2.79. The molecule has 0 aliphatic carbocycles. The third-order valence-corrected chi connectivity index (χ3v) is 5.66. The highest BCUT2D eigenvalue weighted by Gasteiger charge is 2.39. The highest BCUT2D eigenvalue weighted by molar-refractivity contribution is 6.33. The van der Waals surface area contributed by atoms with Crippen molar-refractivity contribution in [1.82, 2.24) is 0 Å². The molecule has 0 aliphatic heterocycles. The van der Waals surface area contributed by atoms with Gasteiger partial charge in [-0.3, -0.25) is 9.59 Å². The largest absolute Gasteiger partial charge is 0.484 e. The molecule has 0 spiro atoms. The van der Waals surface area contributed by atoms with Gasteiger partial charge < -0.3 is 14.5 Å². The Labute approximate surface area is 207 Å². The number of alkyl halides is 3. The maximum absolute atomic E-state index is 13.8. The number of hydrogen-bond acceptors (Lipinski definition) is 4. The molecular formula is C25H16Cl2F3NO4. The van der Waals surface area contributed by atoms with Crippen molar-refractivity contribution in [2.24, 2.45) is 0 Å². The van der Waals surface area contributed by atoms with Crippen LogP contribution in [-0.2, 0) is 11.0 Å². The second kappa shape index (κ2) is 9.64. The number of hydrogen-bond donors (Lipinski definition) is 1. The van der Waals surface area contributed by atoms with Crippen LogP contribution in [0.15, 0.2) is 69.9 Å². The lowest BCUT2D eigenvalue weighted by molar-refractivity contribution is -0.152. The van der Waals surface area contributed by atoms with Crippen molar-refractivity contribution in [2.45, 2.75) is 13.1 Å². The van der Waals surface area contributed by atoms with E-state index in [1.165, 1.54) is 36.4 Å². The molecule has 10 heteroatoms. The fourth-order valence-corrected chi connectivity index (χ4v) is 3.93. The summed E-state index contributed by atoms with van der Waals surface area (Å²) in [7, 11) is 0. The monoisotopic (exact) mass is 521 g/mol. The van der Waals surface area contributed by atoms with Gasteiger partial charge in [-0.2, -0.15) is 13.2 Å². The van der Waals surface area contributed by atoms with Crippen LogP contribution in [0.4, 0.5) is 18.9 Å². The first-order valence-corrected chi connectivity index (χ1v) is 10.9. The maximum atomic E-state index is 13.8. The third-order valence-electron chi connectivity index (χ3n) is 5.10. The second-order valence-corrected chi connectivity index (χ2v) is 8.41. The van der Waals surface area contributed by atoms with Crippen molar-refractivity contribution in [2.75, 3.05) is 11.9 Å². The number of aryl methyl sites for hydroxylation is 1. The van der Waals surface area contributed by atoms with Gasteiger partial charge in [0.05, 0.1) is 10.9 Å². The van der Waals surface area contributed by atoms with Crippen LogP contribution in [0.5, 0.6) is 5.75 Å². The van der Waals surface area contributed by atoms with Crippen LogP contribution in [0.2, 0.25) is 10.0 Å². The Hall–Kier alpha value is -3.49. The van der Waals surface area contributed by atoms with Crippen LogP contribution in [0.25, 0.3) is 22.1 Å². The van der Waals surface area contributed by atoms with Crippen molar-refractivity contribution in [3.8, 4) is 16.9 Å². The van der Waals surface area contributed by atoms with Crippen LogP contribution < -0.4 is 15.5 Å². The zero-order valence-electron chi connectivity index (χ0n) is 18.0. The number of halogens is 5. The van der Waals surface area contributed by atoms with Gasteiger partial charge in [0.1, 0.15) is 11.3 Å². The lowest BCUT2D eigenvalue weighted by Crippen LogP contribution is -2.20. The normalized spacial score (nSPS) is 11.5. The number of nitrogens with one attached hydrogen (secondary N) is 1. The molecule has 1 aromatic heterocycles. The predicted molar refractivity (Wildman–Crippen MR) is 128 cm³/mol. The molecule has 0 fully saturated rings. The lowest BCUT2D eigenvalue weighted by Gasteiger charge is -2.14. The predicted octanol–water partition coefficient (Wildman–Crippen LogP) is 7.11. The van der Waals surface area contributed by atoms with Gasteiger partial charge in [-0.15, -0.1) is 0 Å². The topological polar surface area (TPSA) is 68.5 Å². The number of anilines is 1. The quantitative estimate of drug-likeness (QED) is 0.303. The minimum atomic E-state index is -4.96. The van der Waals surface area contributed by atoms with E-state index in [2.05, 4.69) is 5.32 Å². The molecular weight excluding hydrogens is 506 g/mol. The number of carbonyl (C=O) groups excluding carboxylic acids is 1. The van der Waals surface area contributed by atoms with E-state index in [0.717, 1.165) is 11.6 Å². The Morgan fingerprint density at radius 3 is 2.49 bits per heavy atom. The Morgan fingerprint density at radius 1 is 1.06 bits per heavy atom. The molecule has 0 saturated heterocycles. The number of benzene rings is 3. The van der Waals surface area contributed by atoms with Crippen LogP contribution in [0, 0.1) is 6.92 Å². The minimum Gasteiger partial charge on any atom is -0.484 e. The molecule has 4 aromatic rings. The molecule has 5 nitrogen and oxygen atoms in total. The van der Waals surface area contributed by atoms with Crippen molar-refractivity contribution < 1.29 is 27.1 Å². The summed E-state index contributed by atoms with van der Waals surface area (Å²) >= 11 is 12.0. The molecule has 1 N–H and O–H groups in total. The Kier molecular flexibility index (Phi) is 6.78. The maximum Gasteiger partial charge on any atom is 0.450 e. The van der Waals surface area contributed by atoms with Gasteiger partial charge in [0, 0.05) is 27.4 Å². The highest BCUT2D eigenvalue weighted by Crippen LogP contribution is 2.39. The van der Waals surface area contributed by atoms with Crippen LogP contribution >= 0.6 is 23.2 Å². The van der Waals surface area contributed by atoms with Crippen molar-refractivity contribution in [3.63, 3.8) is 0 Å². The Bertz CT molecular complexity index is 1500. The van der Waals surface area contributed by atoms with Crippen molar-refractivity contribution in [1.29, 1.82) is 0 Å². The molecule has 0 radical (unpaired) electrons.